The minimum atomic E-state index is -0.440. The summed E-state index contributed by atoms with van der Waals surface area (Å²) in [5.41, 5.74) is -0.308. The SMILES string of the molecule is CC1CCC(NC(=O)Cn2cnc3c2c(=O)n(C)c(=O)n3C)CC1. The maximum absolute atomic E-state index is 12.3. The van der Waals surface area contributed by atoms with Crippen LogP contribution in [-0.4, -0.2) is 30.6 Å². The number of hydrogen-bond donors (Lipinski definition) is 1. The molecule has 1 fully saturated rings. The van der Waals surface area contributed by atoms with E-state index in [2.05, 4.69) is 17.2 Å². The number of nitrogens with zero attached hydrogens (tertiary/aromatic N) is 4. The largest absolute Gasteiger partial charge is 0.352 e. The van der Waals surface area contributed by atoms with Crippen LogP contribution >= 0.6 is 0 Å². The average molecular weight is 333 g/mol. The number of rotatable bonds is 3. The first-order valence-corrected chi connectivity index (χ1v) is 8.28. The van der Waals surface area contributed by atoms with Crippen LogP contribution in [0.5, 0.6) is 0 Å². The molecule has 8 nitrogen and oxygen atoms in total. The van der Waals surface area contributed by atoms with Gasteiger partial charge in [-0.3, -0.25) is 18.7 Å². The summed E-state index contributed by atoms with van der Waals surface area (Å²) in [6.07, 6.45) is 5.68. The van der Waals surface area contributed by atoms with Crippen LogP contribution in [-0.2, 0) is 25.4 Å². The molecule has 2 heterocycles. The molecule has 0 radical (unpaired) electrons. The fraction of sp³-hybridized carbons (Fsp3) is 0.625. The van der Waals surface area contributed by atoms with Crippen molar-refractivity contribution in [3.63, 3.8) is 0 Å². The van der Waals surface area contributed by atoms with Gasteiger partial charge in [0.15, 0.2) is 11.2 Å². The van der Waals surface area contributed by atoms with Gasteiger partial charge in [-0.1, -0.05) is 6.92 Å². The number of carbonyl (C=O) groups is 1. The summed E-state index contributed by atoms with van der Waals surface area (Å²) < 4.78 is 3.85. The second-order valence-electron chi connectivity index (χ2n) is 6.77. The Bertz CT molecular complexity index is 883. The molecule has 1 amide bonds. The predicted molar refractivity (Wildman–Crippen MR) is 89.8 cm³/mol. The molecule has 2 aromatic heterocycles. The number of carbonyl (C=O) groups excluding carboxylic acids is 1. The van der Waals surface area contributed by atoms with Gasteiger partial charge in [-0.05, 0) is 31.6 Å². The van der Waals surface area contributed by atoms with E-state index in [0.717, 1.165) is 36.2 Å². The molecule has 1 N–H and O–H groups in total. The topological polar surface area (TPSA) is 90.9 Å². The maximum atomic E-state index is 12.3. The van der Waals surface area contributed by atoms with Crippen molar-refractivity contribution in [3.8, 4) is 0 Å². The third-order valence-corrected chi connectivity index (χ3v) is 4.91. The standard InChI is InChI=1S/C16H23N5O3/c1-10-4-6-11(7-5-10)18-12(22)8-21-9-17-14-13(21)15(23)20(3)16(24)19(14)2/h9-11H,4-8H2,1-3H3,(H,18,22). The fourth-order valence-electron chi connectivity index (χ4n) is 3.35. The molecule has 3 rings (SSSR count). The Labute approximate surface area is 139 Å². The van der Waals surface area contributed by atoms with Crippen molar-refractivity contribution in [2.24, 2.45) is 20.0 Å². The number of hydrogen-bond acceptors (Lipinski definition) is 4. The third kappa shape index (κ3) is 2.88. The van der Waals surface area contributed by atoms with Gasteiger partial charge in [0, 0.05) is 20.1 Å². The third-order valence-electron chi connectivity index (χ3n) is 4.91. The number of amides is 1. The van der Waals surface area contributed by atoms with Gasteiger partial charge in [-0.2, -0.15) is 0 Å². The van der Waals surface area contributed by atoms with Crippen LogP contribution < -0.4 is 16.6 Å². The maximum Gasteiger partial charge on any atom is 0.332 e. The van der Waals surface area contributed by atoms with Gasteiger partial charge in [0.05, 0.1) is 6.33 Å². The Morgan fingerprint density at radius 1 is 1.21 bits per heavy atom. The van der Waals surface area contributed by atoms with Crippen molar-refractivity contribution < 1.29 is 4.79 Å². The van der Waals surface area contributed by atoms with E-state index in [1.54, 1.807) is 7.05 Å². The van der Waals surface area contributed by atoms with Gasteiger partial charge in [-0.25, -0.2) is 9.78 Å². The van der Waals surface area contributed by atoms with Gasteiger partial charge in [0.2, 0.25) is 5.91 Å². The zero-order chi connectivity index (χ0) is 17.4. The Morgan fingerprint density at radius 2 is 1.88 bits per heavy atom. The van der Waals surface area contributed by atoms with Gasteiger partial charge in [0.25, 0.3) is 5.56 Å². The highest BCUT2D eigenvalue weighted by atomic mass is 16.2. The summed E-state index contributed by atoms with van der Waals surface area (Å²) in [5.74, 6) is 0.588. The van der Waals surface area contributed by atoms with Crippen LogP contribution in [0.3, 0.4) is 0 Å². The Balaban J connectivity index is 1.82. The van der Waals surface area contributed by atoms with Crippen molar-refractivity contribution in [2.75, 3.05) is 0 Å². The molecular formula is C16H23N5O3. The Hall–Kier alpha value is -2.38. The lowest BCUT2D eigenvalue weighted by Crippen LogP contribution is -2.40. The predicted octanol–water partition coefficient (Wildman–Crippen LogP) is 0.129. The summed E-state index contributed by atoms with van der Waals surface area (Å²) >= 11 is 0. The lowest BCUT2D eigenvalue weighted by Gasteiger charge is -2.26. The van der Waals surface area contributed by atoms with Gasteiger partial charge < -0.3 is 9.88 Å². The first kappa shape index (κ1) is 16.5. The van der Waals surface area contributed by atoms with E-state index >= 15 is 0 Å². The molecule has 0 saturated heterocycles. The molecule has 130 valence electrons. The van der Waals surface area contributed by atoms with Crippen LogP contribution in [0.1, 0.15) is 32.6 Å². The summed E-state index contributed by atoms with van der Waals surface area (Å²) in [6, 6.07) is 0.204. The van der Waals surface area contributed by atoms with Crippen molar-refractivity contribution in [2.45, 2.75) is 45.2 Å². The summed E-state index contributed by atoms with van der Waals surface area (Å²) in [4.78, 5) is 40.7. The minimum absolute atomic E-state index is 0.0238. The van der Waals surface area contributed by atoms with Gasteiger partial charge >= 0.3 is 5.69 Å². The highest BCUT2D eigenvalue weighted by Gasteiger charge is 2.21. The molecule has 1 saturated carbocycles. The average Bonchev–Trinajstić information content (AvgIpc) is 2.96. The molecular weight excluding hydrogens is 310 g/mol. The normalized spacial score (nSPS) is 21.1. The van der Waals surface area contributed by atoms with E-state index in [1.807, 2.05) is 0 Å². The molecule has 0 spiro atoms. The molecule has 24 heavy (non-hydrogen) atoms. The van der Waals surface area contributed by atoms with E-state index in [9.17, 15) is 14.4 Å². The van der Waals surface area contributed by atoms with E-state index in [-0.39, 0.29) is 24.0 Å². The highest BCUT2D eigenvalue weighted by Crippen LogP contribution is 2.23. The number of imidazole rings is 1. The number of aryl methyl sites for hydroxylation is 1. The van der Waals surface area contributed by atoms with Gasteiger partial charge in [0.1, 0.15) is 6.54 Å². The van der Waals surface area contributed by atoms with Crippen LogP contribution in [0.25, 0.3) is 11.2 Å². The van der Waals surface area contributed by atoms with Crippen LogP contribution in [0.4, 0.5) is 0 Å². The quantitative estimate of drug-likeness (QED) is 0.864. The van der Waals surface area contributed by atoms with Crippen LogP contribution in [0.2, 0.25) is 0 Å². The van der Waals surface area contributed by atoms with E-state index in [0.29, 0.717) is 5.65 Å². The molecule has 0 atom stereocenters. The van der Waals surface area contributed by atoms with Crippen LogP contribution in [0, 0.1) is 5.92 Å². The molecule has 1 aliphatic carbocycles. The summed E-state index contributed by atoms with van der Waals surface area (Å²) in [5, 5.41) is 3.04. The molecule has 1 aliphatic rings. The minimum Gasteiger partial charge on any atom is -0.352 e. The number of nitrogens with one attached hydrogen (secondary N) is 1. The smallest absolute Gasteiger partial charge is 0.332 e. The van der Waals surface area contributed by atoms with E-state index < -0.39 is 11.2 Å². The molecule has 0 unspecified atom stereocenters. The molecule has 0 bridgehead atoms. The first-order valence-electron chi connectivity index (χ1n) is 8.28. The Kier molecular flexibility index (Phi) is 4.29. The summed E-state index contributed by atoms with van der Waals surface area (Å²) in [6.45, 7) is 2.26. The Morgan fingerprint density at radius 3 is 2.54 bits per heavy atom. The lowest BCUT2D eigenvalue weighted by atomic mass is 9.87. The molecule has 8 heteroatoms. The first-order chi connectivity index (χ1) is 11.4. The lowest BCUT2D eigenvalue weighted by molar-refractivity contribution is -0.122. The fourth-order valence-corrected chi connectivity index (χ4v) is 3.35. The molecule has 0 aliphatic heterocycles. The zero-order valence-electron chi connectivity index (χ0n) is 14.3. The zero-order valence-corrected chi connectivity index (χ0v) is 14.3. The van der Waals surface area contributed by atoms with Crippen molar-refractivity contribution in [1.29, 1.82) is 0 Å². The molecule has 0 aromatic carbocycles. The van der Waals surface area contributed by atoms with Crippen molar-refractivity contribution in [3.05, 3.63) is 27.2 Å². The second-order valence-corrected chi connectivity index (χ2v) is 6.77. The number of aromatic nitrogens is 4. The van der Waals surface area contributed by atoms with E-state index in [1.165, 1.54) is 22.5 Å². The monoisotopic (exact) mass is 333 g/mol. The second kappa shape index (κ2) is 6.26. The van der Waals surface area contributed by atoms with Gasteiger partial charge in [-0.15, -0.1) is 0 Å². The molecule has 2 aromatic rings. The van der Waals surface area contributed by atoms with Crippen LogP contribution in [0.15, 0.2) is 15.9 Å². The van der Waals surface area contributed by atoms with Crippen molar-refractivity contribution in [1.82, 2.24) is 24.0 Å². The van der Waals surface area contributed by atoms with Crippen molar-refractivity contribution >= 4 is 17.1 Å². The summed E-state index contributed by atoms with van der Waals surface area (Å²) in [7, 11) is 2.98. The highest BCUT2D eigenvalue weighted by molar-refractivity contribution is 5.79. The number of fused-ring (bicyclic) bond motifs is 1. The van der Waals surface area contributed by atoms with E-state index in [4.69, 9.17) is 0 Å².